The van der Waals surface area contributed by atoms with Gasteiger partial charge in [-0.1, -0.05) is 43.3 Å². The van der Waals surface area contributed by atoms with E-state index in [1.807, 2.05) is 18.2 Å². The van der Waals surface area contributed by atoms with Gasteiger partial charge in [0.05, 0.1) is 16.1 Å². The number of phenols is 1. The third-order valence-electron chi connectivity index (χ3n) is 6.83. The molecule has 10 heteroatoms. The van der Waals surface area contributed by atoms with E-state index in [0.717, 1.165) is 48.2 Å². The highest BCUT2D eigenvalue weighted by Gasteiger charge is 2.33. The predicted octanol–water partition coefficient (Wildman–Crippen LogP) is 7.54. The molecule has 1 aliphatic carbocycles. The van der Waals surface area contributed by atoms with Crippen LogP contribution in [0, 0.1) is 5.92 Å². The second-order valence-corrected chi connectivity index (χ2v) is 11.1. The first-order chi connectivity index (χ1) is 20.1. The molecule has 6 N–H and O–H groups in total. The maximum atomic E-state index is 13.8. The summed E-state index contributed by atoms with van der Waals surface area (Å²) in [5.74, 6) is -0.00205. The number of hydrogen-bond acceptors (Lipinski definition) is 5. The van der Waals surface area contributed by atoms with Crippen LogP contribution < -0.4 is 21.7 Å². The molecule has 3 aromatic carbocycles. The molecule has 1 unspecified atom stereocenters. The Bertz CT molecular complexity index is 1470. The molecule has 1 aliphatic rings. The Hall–Kier alpha value is -3.60. The van der Waals surface area contributed by atoms with Gasteiger partial charge in [-0.15, -0.1) is 0 Å². The maximum Gasteiger partial charge on any atom is 0.416 e. The van der Waals surface area contributed by atoms with Crippen molar-refractivity contribution in [3.05, 3.63) is 111 Å². The number of halogens is 4. The molecule has 6 nitrogen and oxygen atoms in total. The van der Waals surface area contributed by atoms with Crippen molar-refractivity contribution >= 4 is 33.2 Å². The standard InChI is InChI=1S/C32H34BrF3N4O2/c1-2-5-24(32(34,35)36)17-28(39-25-8-3-6-21(14-25)18-37)31(42)40-26-9-4-7-22(15-26)30(38-19-20-10-11-20)23-12-13-29(41)27(33)16-23/h3-9,12-17,20,30,38-39,41H,2,10-11,18-19,37H2,1H3,(H,40,42)/b24-5-,28-17-. The summed E-state index contributed by atoms with van der Waals surface area (Å²) in [5.41, 5.74) is 7.92. The van der Waals surface area contributed by atoms with E-state index in [1.165, 1.54) is 0 Å². The van der Waals surface area contributed by atoms with Gasteiger partial charge < -0.3 is 26.8 Å². The molecular formula is C32H34BrF3N4O2. The molecule has 0 aliphatic heterocycles. The molecule has 0 bridgehead atoms. The summed E-state index contributed by atoms with van der Waals surface area (Å²) in [5, 5.41) is 19.2. The first-order valence-electron chi connectivity index (χ1n) is 13.8. The summed E-state index contributed by atoms with van der Waals surface area (Å²) in [7, 11) is 0. The Balaban J connectivity index is 1.65. The van der Waals surface area contributed by atoms with E-state index >= 15 is 0 Å². The molecule has 0 radical (unpaired) electrons. The number of alkyl halides is 3. The van der Waals surface area contributed by atoms with Crippen LogP contribution in [0.25, 0.3) is 0 Å². The number of anilines is 2. The van der Waals surface area contributed by atoms with Gasteiger partial charge in [0.15, 0.2) is 0 Å². The Morgan fingerprint density at radius 3 is 2.38 bits per heavy atom. The fourth-order valence-electron chi connectivity index (χ4n) is 4.45. The molecule has 1 fully saturated rings. The number of hydrogen-bond donors (Lipinski definition) is 5. The number of benzene rings is 3. The number of allylic oxidation sites excluding steroid dienone is 3. The van der Waals surface area contributed by atoms with Gasteiger partial charge in [-0.2, -0.15) is 13.2 Å². The minimum absolute atomic E-state index is 0.125. The second kappa shape index (κ2) is 14.0. The van der Waals surface area contributed by atoms with E-state index < -0.39 is 17.7 Å². The monoisotopic (exact) mass is 642 g/mol. The molecule has 3 aromatic rings. The fraction of sp³-hybridized carbons (Fsp3) is 0.281. The van der Waals surface area contributed by atoms with Gasteiger partial charge in [0.2, 0.25) is 0 Å². The Kier molecular flexibility index (Phi) is 10.5. The van der Waals surface area contributed by atoms with Gasteiger partial charge in [0.1, 0.15) is 11.4 Å². The second-order valence-electron chi connectivity index (χ2n) is 10.2. The molecule has 1 amide bonds. The number of carbonyl (C=O) groups excluding carboxylic acids is 1. The van der Waals surface area contributed by atoms with Crippen LogP contribution in [0.2, 0.25) is 0 Å². The number of rotatable bonds is 12. The third kappa shape index (κ3) is 8.70. The highest BCUT2D eigenvalue weighted by atomic mass is 79.9. The van der Waals surface area contributed by atoms with Crippen LogP contribution >= 0.6 is 15.9 Å². The SMILES string of the molecule is CC/C=C(/C=C(\Nc1cccc(CN)c1)C(=O)Nc1cccc(C(NCC2CC2)c2ccc(O)c(Br)c2)c1)C(F)(F)F. The van der Waals surface area contributed by atoms with E-state index in [1.54, 1.807) is 55.5 Å². The molecular weight excluding hydrogens is 609 g/mol. The van der Waals surface area contributed by atoms with Crippen molar-refractivity contribution in [3.63, 3.8) is 0 Å². The molecule has 0 aromatic heterocycles. The van der Waals surface area contributed by atoms with Gasteiger partial charge in [0.25, 0.3) is 5.91 Å². The van der Waals surface area contributed by atoms with Crippen molar-refractivity contribution in [2.45, 2.75) is 44.9 Å². The molecule has 4 rings (SSSR count). The van der Waals surface area contributed by atoms with Crippen molar-refractivity contribution in [3.8, 4) is 5.75 Å². The lowest BCUT2D eigenvalue weighted by atomic mass is 9.97. The summed E-state index contributed by atoms with van der Waals surface area (Å²) in [4.78, 5) is 13.5. The average molecular weight is 644 g/mol. The summed E-state index contributed by atoms with van der Waals surface area (Å²) < 4.78 is 41.9. The average Bonchev–Trinajstić information content (AvgIpc) is 3.78. The van der Waals surface area contributed by atoms with Gasteiger partial charge in [0, 0.05) is 17.9 Å². The summed E-state index contributed by atoms with van der Waals surface area (Å²) in [6, 6.07) is 19.1. The number of carbonyl (C=O) groups is 1. The van der Waals surface area contributed by atoms with Crippen LogP contribution in [-0.2, 0) is 11.3 Å². The number of phenolic OH excluding ortho intramolecular Hbond substituents is 1. The predicted molar refractivity (Wildman–Crippen MR) is 164 cm³/mol. The van der Waals surface area contributed by atoms with Crippen molar-refractivity contribution in [1.29, 1.82) is 0 Å². The zero-order chi connectivity index (χ0) is 30.3. The van der Waals surface area contributed by atoms with Crippen LogP contribution in [0.1, 0.15) is 48.9 Å². The van der Waals surface area contributed by atoms with Crippen LogP contribution in [-0.4, -0.2) is 23.7 Å². The van der Waals surface area contributed by atoms with Gasteiger partial charge in [-0.3, -0.25) is 4.79 Å². The van der Waals surface area contributed by atoms with Crippen LogP contribution in [0.5, 0.6) is 5.75 Å². The first kappa shape index (κ1) is 31.3. The summed E-state index contributed by atoms with van der Waals surface area (Å²) in [6.45, 7) is 2.65. The molecule has 1 saturated carbocycles. The van der Waals surface area contributed by atoms with E-state index in [4.69, 9.17) is 5.73 Å². The maximum absolute atomic E-state index is 13.8. The van der Waals surface area contributed by atoms with E-state index in [-0.39, 0.29) is 30.5 Å². The van der Waals surface area contributed by atoms with Crippen molar-refractivity contribution in [2.75, 3.05) is 17.2 Å². The van der Waals surface area contributed by atoms with E-state index in [9.17, 15) is 23.1 Å². The van der Waals surface area contributed by atoms with Crippen molar-refractivity contribution < 1.29 is 23.1 Å². The van der Waals surface area contributed by atoms with Crippen molar-refractivity contribution in [1.82, 2.24) is 5.32 Å². The Morgan fingerprint density at radius 1 is 1.05 bits per heavy atom. The number of nitrogens with two attached hydrogens (primary N) is 1. The summed E-state index contributed by atoms with van der Waals surface area (Å²) in [6.07, 6.45) is -0.298. The minimum atomic E-state index is -4.64. The smallest absolute Gasteiger partial charge is 0.416 e. The zero-order valence-corrected chi connectivity index (χ0v) is 24.7. The van der Waals surface area contributed by atoms with Crippen molar-refractivity contribution in [2.24, 2.45) is 11.7 Å². The van der Waals surface area contributed by atoms with E-state index in [2.05, 4.69) is 31.9 Å². The minimum Gasteiger partial charge on any atom is -0.507 e. The van der Waals surface area contributed by atoms with Crippen LogP contribution in [0.3, 0.4) is 0 Å². The Labute approximate surface area is 252 Å². The molecule has 42 heavy (non-hydrogen) atoms. The first-order valence-corrected chi connectivity index (χ1v) is 14.5. The fourth-order valence-corrected chi connectivity index (χ4v) is 4.85. The zero-order valence-electron chi connectivity index (χ0n) is 23.1. The largest absolute Gasteiger partial charge is 0.507 e. The highest BCUT2D eigenvalue weighted by molar-refractivity contribution is 9.10. The van der Waals surface area contributed by atoms with Gasteiger partial charge in [-0.05, 0) is 107 Å². The lowest BCUT2D eigenvalue weighted by molar-refractivity contribution is -0.112. The quantitative estimate of drug-likeness (QED) is 0.104. The van der Waals surface area contributed by atoms with E-state index in [0.29, 0.717) is 21.8 Å². The number of nitrogens with one attached hydrogen (secondary N) is 3. The van der Waals surface area contributed by atoms with Crippen LogP contribution in [0.4, 0.5) is 24.5 Å². The molecule has 222 valence electrons. The third-order valence-corrected chi connectivity index (χ3v) is 7.46. The van der Waals surface area contributed by atoms with Gasteiger partial charge in [-0.25, -0.2) is 0 Å². The normalized spacial score (nSPS) is 14.9. The highest BCUT2D eigenvalue weighted by Crippen LogP contribution is 2.34. The number of aromatic hydroxyl groups is 1. The lowest BCUT2D eigenvalue weighted by Gasteiger charge is -2.21. The topological polar surface area (TPSA) is 99.4 Å². The Morgan fingerprint density at radius 2 is 1.74 bits per heavy atom. The molecule has 0 heterocycles. The molecule has 1 atom stereocenters. The summed E-state index contributed by atoms with van der Waals surface area (Å²) >= 11 is 3.38. The lowest BCUT2D eigenvalue weighted by Crippen LogP contribution is -2.25. The molecule has 0 saturated heterocycles. The molecule has 0 spiro atoms. The van der Waals surface area contributed by atoms with Crippen LogP contribution in [0.15, 0.2) is 94.6 Å². The van der Waals surface area contributed by atoms with Gasteiger partial charge >= 0.3 is 6.18 Å². The number of amides is 1.